The molecule has 4 aromatic rings. The Morgan fingerprint density at radius 1 is 0.500 bits per heavy atom. The fourth-order valence-corrected chi connectivity index (χ4v) is 2.87. The summed E-state index contributed by atoms with van der Waals surface area (Å²) in [5.41, 5.74) is 2.68. The molecule has 0 spiro atoms. The highest BCUT2D eigenvalue weighted by molar-refractivity contribution is 5.88. The van der Waals surface area contributed by atoms with E-state index in [0.29, 0.717) is 24.7 Å². The molecule has 4 rings (SSSR count). The fraction of sp³-hybridized carbons (Fsp3) is 0.0714. The van der Waals surface area contributed by atoms with E-state index in [4.69, 9.17) is 19.7 Å². The summed E-state index contributed by atoms with van der Waals surface area (Å²) < 4.78 is 11.1. The fourth-order valence-electron chi connectivity index (χ4n) is 2.87. The summed E-state index contributed by atoms with van der Waals surface area (Å²) in [5, 5.41) is 17.5. The number of hydrogen-bond acceptors (Lipinski definition) is 4. The highest BCUT2D eigenvalue weighted by Crippen LogP contribution is 2.15. The molecule has 0 fully saturated rings. The van der Waals surface area contributed by atoms with Gasteiger partial charge in [0.05, 0.1) is 11.1 Å². The molecule has 6 heteroatoms. The Bertz CT molecular complexity index is 1070. The van der Waals surface area contributed by atoms with E-state index in [0.717, 1.165) is 11.1 Å². The lowest BCUT2D eigenvalue weighted by Gasteiger charge is -2.06. The molecule has 2 N–H and O–H groups in total. The van der Waals surface area contributed by atoms with Crippen LogP contribution in [0.15, 0.2) is 109 Å². The van der Waals surface area contributed by atoms with Crippen LogP contribution in [0.4, 0.5) is 0 Å². The first kappa shape index (κ1) is 24.1. The molecule has 0 saturated heterocycles. The number of aromatic carboxylic acids is 2. The Balaban J connectivity index is 0.000000191. The van der Waals surface area contributed by atoms with Crippen LogP contribution in [0.5, 0.6) is 11.5 Å². The third-order valence-electron chi connectivity index (χ3n) is 4.70. The molecule has 0 bridgehead atoms. The minimum Gasteiger partial charge on any atom is -0.489 e. The molecule has 0 aliphatic carbocycles. The molecule has 0 saturated carbocycles. The number of benzene rings is 4. The number of hydrogen-bond donors (Lipinski definition) is 2. The van der Waals surface area contributed by atoms with E-state index in [1.165, 1.54) is 24.3 Å². The van der Waals surface area contributed by atoms with Crippen molar-refractivity contribution in [1.82, 2.24) is 0 Å². The highest BCUT2D eigenvalue weighted by atomic mass is 16.5. The molecule has 0 amide bonds. The standard InChI is InChI=1S/2C14H12O3/c2*15-14(16)12-6-8-13(9-7-12)17-10-11-4-2-1-3-5-11/h2*1-9H,10H2,(H,15,16). The molecule has 0 heterocycles. The zero-order valence-corrected chi connectivity index (χ0v) is 18.3. The third-order valence-corrected chi connectivity index (χ3v) is 4.70. The summed E-state index contributed by atoms with van der Waals surface area (Å²) in [4.78, 5) is 21.3. The lowest BCUT2D eigenvalue weighted by Crippen LogP contribution is -1.97. The van der Waals surface area contributed by atoms with E-state index in [1.807, 2.05) is 60.7 Å². The summed E-state index contributed by atoms with van der Waals surface area (Å²) >= 11 is 0. The van der Waals surface area contributed by atoms with Gasteiger partial charge in [0.1, 0.15) is 24.7 Å². The smallest absolute Gasteiger partial charge is 0.335 e. The lowest BCUT2D eigenvalue weighted by molar-refractivity contribution is 0.0686. The molecule has 4 aromatic carbocycles. The summed E-state index contributed by atoms with van der Waals surface area (Å²) in [6.45, 7) is 0.959. The highest BCUT2D eigenvalue weighted by Gasteiger charge is 2.03. The molecule has 0 aliphatic rings. The van der Waals surface area contributed by atoms with Gasteiger partial charge in [0, 0.05) is 0 Å². The minimum atomic E-state index is -0.931. The number of ether oxygens (including phenoxy) is 2. The van der Waals surface area contributed by atoms with E-state index >= 15 is 0 Å². The van der Waals surface area contributed by atoms with Crippen LogP contribution in [0.2, 0.25) is 0 Å². The van der Waals surface area contributed by atoms with E-state index < -0.39 is 11.9 Å². The average molecular weight is 456 g/mol. The maximum Gasteiger partial charge on any atom is 0.335 e. The molecule has 0 atom stereocenters. The van der Waals surface area contributed by atoms with Gasteiger partial charge in [-0.25, -0.2) is 9.59 Å². The van der Waals surface area contributed by atoms with Crippen molar-refractivity contribution in [3.8, 4) is 11.5 Å². The zero-order chi connectivity index (χ0) is 24.2. The molecule has 0 aromatic heterocycles. The zero-order valence-electron chi connectivity index (χ0n) is 18.3. The van der Waals surface area contributed by atoms with Crippen molar-refractivity contribution in [3.05, 3.63) is 131 Å². The van der Waals surface area contributed by atoms with Gasteiger partial charge in [-0.1, -0.05) is 60.7 Å². The van der Waals surface area contributed by atoms with Crippen LogP contribution in [-0.2, 0) is 13.2 Å². The average Bonchev–Trinajstić information content (AvgIpc) is 2.88. The topological polar surface area (TPSA) is 93.1 Å². The van der Waals surface area contributed by atoms with Gasteiger partial charge in [0.15, 0.2) is 0 Å². The van der Waals surface area contributed by atoms with Crippen molar-refractivity contribution < 1.29 is 29.3 Å². The lowest BCUT2D eigenvalue weighted by atomic mass is 10.2. The SMILES string of the molecule is O=C(O)c1ccc(OCc2ccccc2)cc1.O=C(O)c1ccc(OCc2ccccc2)cc1. The normalized spacial score (nSPS) is 9.88. The van der Waals surface area contributed by atoms with Crippen molar-refractivity contribution in [2.45, 2.75) is 13.2 Å². The summed E-state index contributed by atoms with van der Waals surface area (Å²) in [6.07, 6.45) is 0. The van der Waals surface area contributed by atoms with Gasteiger partial charge in [0.25, 0.3) is 0 Å². The van der Waals surface area contributed by atoms with Gasteiger partial charge in [-0.3, -0.25) is 0 Å². The molecular weight excluding hydrogens is 432 g/mol. The Kier molecular flexibility index (Phi) is 8.82. The first-order valence-electron chi connectivity index (χ1n) is 10.5. The second-order valence-corrected chi connectivity index (χ2v) is 7.21. The maximum atomic E-state index is 10.7. The Labute approximate surface area is 197 Å². The van der Waals surface area contributed by atoms with Gasteiger partial charge in [-0.2, -0.15) is 0 Å². The van der Waals surface area contributed by atoms with Crippen LogP contribution in [0.1, 0.15) is 31.8 Å². The number of carboxylic acids is 2. The Morgan fingerprint density at radius 3 is 1.12 bits per heavy atom. The van der Waals surface area contributed by atoms with E-state index in [-0.39, 0.29) is 11.1 Å². The van der Waals surface area contributed by atoms with Crippen molar-refractivity contribution in [3.63, 3.8) is 0 Å². The van der Waals surface area contributed by atoms with E-state index in [1.54, 1.807) is 24.3 Å². The third kappa shape index (κ3) is 7.84. The van der Waals surface area contributed by atoms with Gasteiger partial charge in [-0.15, -0.1) is 0 Å². The number of carboxylic acid groups (broad SMARTS) is 2. The predicted octanol–water partition coefficient (Wildman–Crippen LogP) is 5.93. The minimum absolute atomic E-state index is 0.261. The van der Waals surface area contributed by atoms with Crippen LogP contribution in [0, 0.1) is 0 Å². The van der Waals surface area contributed by atoms with Crippen LogP contribution in [0.25, 0.3) is 0 Å². The summed E-state index contributed by atoms with van der Waals surface area (Å²) in [7, 11) is 0. The molecule has 6 nitrogen and oxygen atoms in total. The largest absolute Gasteiger partial charge is 0.489 e. The number of carbonyl (C=O) groups is 2. The first-order chi connectivity index (χ1) is 16.5. The predicted molar refractivity (Wildman–Crippen MR) is 128 cm³/mol. The maximum absolute atomic E-state index is 10.7. The van der Waals surface area contributed by atoms with Crippen molar-refractivity contribution in [2.75, 3.05) is 0 Å². The molecule has 0 aliphatic heterocycles. The van der Waals surface area contributed by atoms with E-state index in [9.17, 15) is 9.59 Å². The van der Waals surface area contributed by atoms with Crippen molar-refractivity contribution in [2.24, 2.45) is 0 Å². The van der Waals surface area contributed by atoms with Gasteiger partial charge >= 0.3 is 11.9 Å². The van der Waals surface area contributed by atoms with Gasteiger partial charge in [-0.05, 0) is 59.7 Å². The summed E-state index contributed by atoms with van der Waals surface area (Å²) in [6, 6.07) is 32.4. The second-order valence-electron chi connectivity index (χ2n) is 7.21. The van der Waals surface area contributed by atoms with Crippen molar-refractivity contribution in [1.29, 1.82) is 0 Å². The molecule has 0 unspecified atom stereocenters. The molecular formula is C28H24O6. The van der Waals surface area contributed by atoms with Crippen molar-refractivity contribution >= 4 is 11.9 Å². The molecule has 172 valence electrons. The molecule has 34 heavy (non-hydrogen) atoms. The first-order valence-corrected chi connectivity index (χ1v) is 10.5. The van der Waals surface area contributed by atoms with E-state index in [2.05, 4.69) is 0 Å². The van der Waals surface area contributed by atoms with Crippen LogP contribution < -0.4 is 9.47 Å². The quantitative estimate of drug-likeness (QED) is 0.341. The Morgan fingerprint density at radius 2 is 0.824 bits per heavy atom. The monoisotopic (exact) mass is 456 g/mol. The van der Waals surface area contributed by atoms with Crippen LogP contribution in [0.3, 0.4) is 0 Å². The van der Waals surface area contributed by atoms with Crippen LogP contribution in [-0.4, -0.2) is 22.2 Å². The Hall–Kier alpha value is -4.58. The second kappa shape index (κ2) is 12.5. The van der Waals surface area contributed by atoms with Gasteiger partial charge in [0.2, 0.25) is 0 Å². The molecule has 0 radical (unpaired) electrons. The van der Waals surface area contributed by atoms with Gasteiger partial charge < -0.3 is 19.7 Å². The summed E-state index contributed by atoms with van der Waals surface area (Å²) in [5.74, 6) is -0.531. The van der Waals surface area contributed by atoms with Crippen LogP contribution >= 0.6 is 0 Å². The number of rotatable bonds is 8.